The van der Waals surface area contributed by atoms with Crippen molar-refractivity contribution in [3.63, 3.8) is 0 Å². The number of anilines is 1. The molecule has 0 heterocycles. The fourth-order valence-corrected chi connectivity index (χ4v) is 3.09. The lowest BCUT2D eigenvalue weighted by Crippen LogP contribution is -2.01. The minimum atomic E-state index is -0.265. The molecule has 0 saturated heterocycles. The molecule has 0 unspecified atom stereocenters. The molecule has 0 amide bonds. The summed E-state index contributed by atoms with van der Waals surface area (Å²) >= 11 is 9.64. The van der Waals surface area contributed by atoms with E-state index in [9.17, 15) is 4.39 Å². The Morgan fingerprint density at radius 3 is 2.52 bits per heavy atom. The Morgan fingerprint density at radius 2 is 1.76 bits per heavy atom. The maximum atomic E-state index is 13.6. The van der Waals surface area contributed by atoms with E-state index in [-0.39, 0.29) is 12.4 Å². The highest BCUT2D eigenvalue weighted by Crippen LogP contribution is 2.28. The number of halogens is 3. The van der Waals surface area contributed by atoms with Crippen molar-refractivity contribution in [2.75, 3.05) is 5.32 Å². The summed E-state index contributed by atoms with van der Waals surface area (Å²) < 4.78 is 20.2. The van der Waals surface area contributed by atoms with Crippen molar-refractivity contribution in [2.45, 2.75) is 13.2 Å². The molecule has 1 N–H and O–H groups in total. The maximum Gasteiger partial charge on any atom is 0.134 e. The molecule has 128 valence electrons. The zero-order chi connectivity index (χ0) is 17.6. The van der Waals surface area contributed by atoms with Crippen molar-refractivity contribution in [3.8, 4) is 5.75 Å². The van der Waals surface area contributed by atoms with Crippen molar-refractivity contribution in [3.05, 3.63) is 93.2 Å². The van der Waals surface area contributed by atoms with Crippen LogP contribution in [0.4, 0.5) is 10.1 Å². The normalized spacial score (nSPS) is 10.5. The summed E-state index contributed by atoms with van der Waals surface area (Å²) in [7, 11) is 0. The van der Waals surface area contributed by atoms with Gasteiger partial charge in [0.05, 0.1) is 15.2 Å². The van der Waals surface area contributed by atoms with E-state index >= 15 is 0 Å². The second kappa shape index (κ2) is 8.37. The summed E-state index contributed by atoms with van der Waals surface area (Å²) in [6, 6.07) is 20.0. The van der Waals surface area contributed by atoms with Crippen LogP contribution in [0.1, 0.15) is 11.1 Å². The van der Waals surface area contributed by atoms with Crippen LogP contribution in [0.25, 0.3) is 0 Å². The maximum absolute atomic E-state index is 13.6. The topological polar surface area (TPSA) is 21.3 Å². The van der Waals surface area contributed by atoms with Crippen LogP contribution in [0.15, 0.2) is 71.2 Å². The summed E-state index contributed by atoms with van der Waals surface area (Å²) in [4.78, 5) is 0. The van der Waals surface area contributed by atoms with Crippen LogP contribution in [-0.4, -0.2) is 0 Å². The van der Waals surface area contributed by atoms with Crippen LogP contribution < -0.4 is 10.1 Å². The average Bonchev–Trinajstić information content (AvgIpc) is 2.61. The number of ether oxygens (including phenoxy) is 1. The molecule has 3 aromatic rings. The van der Waals surface area contributed by atoms with Gasteiger partial charge in [-0.3, -0.25) is 0 Å². The van der Waals surface area contributed by atoms with Crippen molar-refractivity contribution in [2.24, 2.45) is 0 Å². The molecule has 0 spiro atoms. The Balaban J connectivity index is 1.63. The number of rotatable bonds is 6. The van der Waals surface area contributed by atoms with E-state index < -0.39 is 0 Å². The predicted molar refractivity (Wildman–Crippen MR) is 104 cm³/mol. The van der Waals surface area contributed by atoms with Crippen LogP contribution >= 0.6 is 27.5 Å². The molecule has 0 aliphatic heterocycles. The van der Waals surface area contributed by atoms with Crippen molar-refractivity contribution < 1.29 is 9.13 Å². The van der Waals surface area contributed by atoms with Crippen LogP contribution in [0.3, 0.4) is 0 Å². The van der Waals surface area contributed by atoms with Gasteiger partial charge in [0.15, 0.2) is 0 Å². The zero-order valence-corrected chi connectivity index (χ0v) is 15.6. The first kappa shape index (κ1) is 17.8. The molecule has 5 heteroatoms. The number of benzene rings is 3. The van der Waals surface area contributed by atoms with Gasteiger partial charge in [0, 0.05) is 12.1 Å². The lowest BCUT2D eigenvalue weighted by molar-refractivity contribution is 0.298. The van der Waals surface area contributed by atoms with Gasteiger partial charge in [-0.2, -0.15) is 0 Å². The molecule has 0 aliphatic rings. The standard InChI is InChI=1S/C20H16BrClFNO/c21-16-11-14(12-24-19-8-4-2-6-17(19)22)9-10-20(16)25-13-15-5-1-3-7-18(15)23/h1-11,24H,12-13H2. The molecule has 0 fully saturated rings. The third kappa shape index (κ3) is 4.74. The first-order valence-electron chi connectivity index (χ1n) is 7.76. The molecule has 0 atom stereocenters. The summed E-state index contributed by atoms with van der Waals surface area (Å²) in [6.07, 6.45) is 0. The quantitative estimate of drug-likeness (QED) is 0.496. The minimum Gasteiger partial charge on any atom is -0.488 e. The second-order valence-corrected chi connectivity index (χ2v) is 6.74. The van der Waals surface area contributed by atoms with E-state index in [4.69, 9.17) is 16.3 Å². The highest BCUT2D eigenvalue weighted by Gasteiger charge is 2.06. The largest absolute Gasteiger partial charge is 0.488 e. The third-order valence-electron chi connectivity index (χ3n) is 3.69. The van der Waals surface area contributed by atoms with Crippen LogP contribution in [0, 0.1) is 5.82 Å². The van der Waals surface area contributed by atoms with Crippen molar-refractivity contribution in [1.82, 2.24) is 0 Å². The monoisotopic (exact) mass is 419 g/mol. The van der Waals surface area contributed by atoms with Gasteiger partial charge in [-0.15, -0.1) is 0 Å². The first-order chi connectivity index (χ1) is 12.1. The van der Waals surface area contributed by atoms with Gasteiger partial charge in [0.1, 0.15) is 18.2 Å². The van der Waals surface area contributed by atoms with Crippen molar-refractivity contribution >= 4 is 33.2 Å². The van der Waals surface area contributed by atoms with E-state index in [1.54, 1.807) is 18.2 Å². The van der Waals surface area contributed by atoms with Crippen LogP contribution in [0.2, 0.25) is 5.02 Å². The Bertz CT molecular complexity index is 872. The number of nitrogens with one attached hydrogen (secondary N) is 1. The van der Waals surface area contributed by atoms with Crippen molar-refractivity contribution in [1.29, 1.82) is 0 Å². The van der Waals surface area contributed by atoms with Gasteiger partial charge in [0.25, 0.3) is 0 Å². The van der Waals surface area contributed by atoms with Crippen LogP contribution in [-0.2, 0) is 13.2 Å². The number of para-hydroxylation sites is 1. The van der Waals surface area contributed by atoms with Gasteiger partial charge in [-0.05, 0) is 51.8 Å². The van der Waals surface area contributed by atoms with E-state index in [0.717, 1.165) is 15.7 Å². The fraction of sp³-hybridized carbons (Fsp3) is 0.100. The predicted octanol–water partition coefficient (Wildman–Crippen LogP) is 6.43. The number of hydrogen-bond donors (Lipinski definition) is 1. The molecule has 0 saturated carbocycles. The summed E-state index contributed by atoms with van der Waals surface area (Å²) in [5.41, 5.74) is 2.49. The average molecular weight is 421 g/mol. The second-order valence-electron chi connectivity index (χ2n) is 5.48. The molecule has 0 aromatic heterocycles. The smallest absolute Gasteiger partial charge is 0.134 e. The van der Waals surface area contributed by atoms with Gasteiger partial charge in [-0.25, -0.2) is 4.39 Å². The molecular weight excluding hydrogens is 405 g/mol. The highest BCUT2D eigenvalue weighted by atomic mass is 79.9. The Hall–Kier alpha value is -2.04. The molecule has 0 bridgehead atoms. The Morgan fingerprint density at radius 1 is 1.00 bits per heavy atom. The molecule has 2 nitrogen and oxygen atoms in total. The van der Waals surface area contributed by atoms with E-state index in [1.807, 2.05) is 42.5 Å². The summed E-state index contributed by atoms with van der Waals surface area (Å²) in [5.74, 6) is 0.406. The molecule has 25 heavy (non-hydrogen) atoms. The van der Waals surface area contributed by atoms with E-state index in [0.29, 0.717) is 22.9 Å². The molecule has 3 aromatic carbocycles. The fourth-order valence-electron chi connectivity index (χ4n) is 2.34. The lowest BCUT2D eigenvalue weighted by atomic mass is 10.2. The molecular formula is C20H16BrClFNO. The first-order valence-corrected chi connectivity index (χ1v) is 8.93. The third-order valence-corrected chi connectivity index (χ3v) is 4.64. The van der Waals surface area contributed by atoms with Gasteiger partial charge in [-0.1, -0.05) is 48.0 Å². The zero-order valence-electron chi connectivity index (χ0n) is 13.3. The minimum absolute atomic E-state index is 0.183. The van der Waals surface area contributed by atoms with Gasteiger partial charge >= 0.3 is 0 Å². The number of hydrogen-bond acceptors (Lipinski definition) is 2. The van der Waals surface area contributed by atoms with Crippen LogP contribution in [0.5, 0.6) is 5.75 Å². The molecule has 0 radical (unpaired) electrons. The van der Waals surface area contributed by atoms with E-state index in [2.05, 4.69) is 21.2 Å². The SMILES string of the molecule is Fc1ccccc1COc1ccc(CNc2ccccc2Cl)cc1Br. The Labute approximate surface area is 159 Å². The highest BCUT2D eigenvalue weighted by molar-refractivity contribution is 9.10. The lowest BCUT2D eigenvalue weighted by Gasteiger charge is -2.12. The summed E-state index contributed by atoms with van der Waals surface area (Å²) in [5, 5.41) is 3.98. The Kier molecular flexibility index (Phi) is 5.95. The van der Waals surface area contributed by atoms with Gasteiger partial charge in [0.2, 0.25) is 0 Å². The summed E-state index contributed by atoms with van der Waals surface area (Å²) in [6.45, 7) is 0.818. The molecule has 0 aliphatic carbocycles. The van der Waals surface area contributed by atoms with E-state index in [1.165, 1.54) is 6.07 Å². The molecule has 3 rings (SSSR count). The van der Waals surface area contributed by atoms with Gasteiger partial charge < -0.3 is 10.1 Å².